The Morgan fingerprint density at radius 3 is 2.72 bits per heavy atom. The fourth-order valence-corrected chi connectivity index (χ4v) is 4.54. The molecule has 1 unspecified atom stereocenters. The largest absolute Gasteiger partial charge is 0.505 e. The molecule has 0 spiro atoms. The first-order valence-corrected chi connectivity index (χ1v) is 10.9. The van der Waals surface area contributed by atoms with E-state index in [1.165, 1.54) is 12.1 Å². The molecule has 29 heavy (non-hydrogen) atoms. The molecule has 7 heteroatoms. The summed E-state index contributed by atoms with van der Waals surface area (Å²) >= 11 is 0. The molecule has 2 heterocycles. The van der Waals surface area contributed by atoms with Crippen LogP contribution in [0.3, 0.4) is 0 Å². The maximum Gasteiger partial charge on any atom is 0.258 e. The van der Waals surface area contributed by atoms with Gasteiger partial charge < -0.3 is 14.3 Å². The smallest absolute Gasteiger partial charge is 0.258 e. The first-order valence-electron chi connectivity index (χ1n) is 9.26. The molecule has 0 radical (unpaired) electrons. The van der Waals surface area contributed by atoms with Gasteiger partial charge in [0.2, 0.25) is 0 Å². The van der Waals surface area contributed by atoms with E-state index in [9.17, 15) is 14.3 Å². The maximum atomic E-state index is 13.2. The van der Waals surface area contributed by atoms with Crippen LogP contribution in [0.4, 0.5) is 10.1 Å². The van der Waals surface area contributed by atoms with Crippen LogP contribution in [0.5, 0.6) is 5.75 Å². The van der Waals surface area contributed by atoms with Crippen LogP contribution in [0.25, 0.3) is 10.9 Å². The van der Waals surface area contributed by atoms with Gasteiger partial charge in [0.05, 0.1) is 11.3 Å². The molecule has 0 fully saturated rings. The molecule has 1 aromatic heterocycles. The van der Waals surface area contributed by atoms with E-state index in [0.29, 0.717) is 24.2 Å². The number of aromatic hydroxyl groups is 1. The number of fused-ring (bicyclic) bond motifs is 2. The fourth-order valence-electron chi connectivity index (χ4n) is 3.73. The number of pyridine rings is 1. The number of hydrogen-bond donors (Lipinski definition) is 1. The summed E-state index contributed by atoms with van der Waals surface area (Å²) in [6.07, 6.45) is 3.72. The van der Waals surface area contributed by atoms with E-state index in [1.54, 1.807) is 23.2 Å². The molecule has 1 N–H and O–H groups in total. The molecule has 0 saturated heterocycles. The van der Waals surface area contributed by atoms with Crippen molar-refractivity contribution in [3.05, 3.63) is 65.1 Å². The van der Waals surface area contributed by atoms with Gasteiger partial charge in [-0.05, 0) is 48.4 Å². The number of carbonyl (C=O) groups excluding carboxylic acids is 1. The Bertz CT molecular complexity index is 1140. The molecular formula is C22H22FN3O2S. The van der Waals surface area contributed by atoms with Crippen LogP contribution in [-0.4, -0.2) is 39.6 Å². The Balaban J connectivity index is 1.86. The van der Waals surface area contributed by atoms with Crippen LogP contribution < -0.4 is 4.31 Å². The second-order valence-corrected chi connectivity index (χ2v) is 9.06. The summed E-state index contributed by atoms with van der Waals surface area (Å²) < 4.78 is 15.4. The SMILES string of the molecule is C/C=S(\C)N(C)c1c2c(c(O)c3ncccc13)C(=O)N(Cc1ccc(F)cc1)C2. The van der Waals surface area contributed by atoms with Crippen LogP contribution >= 0.6 is 10.7 Å². The lowest BCUT2D eigenvalue weighted by molar-refractivity contribution is 0.0764. The van der Waals surface area contributed by atoms with Crippen molar-refractivity contribution in [1.82, 2.24) is 9.88 Å². The lowest BCUT2D eigenvalue weighted by atomic mass is 10.0. The van der Waals surface area contributed by atoms with Gasteiger partial charge in [-0.2, -0.15) is 0 Å². The number of amides is 1. The number of carbonyl (C=O) groups is 1. The lowest BCUT2D eigenvalue weighted by Crippen LogP contribution is -2.23. The highest BCUT2D eigenvalue weighted by Crippen LogP contribution is 2.45. The van der Waals surface area contributed by atoms with E-state index in [0.717, 1.165) is 22.2 Å². The number of phenols is 1. The summed E-state index contributed by atoms with van der Waals surface area (Å²) in [5, 5.41) is 13.8. The minimum Gasteiger partial charge on any atom is -0.505 e. The van der Waals surface area contributed by atoms with Crippen molar-refractivity contribution in [1.29, 1.82) is 0 Å². The van der Waals surface area contributed by atoms with Crippen molar-refractivity contribution in [3.63, 3.8) is 0 Å². The first-order chi connectivity index (χ1) is 13.9. The van der Waals surface area contributed by atoms with Gasteiger partial charge in [0.15, 0.2) is 5.75 Å². The van der Waals surface area contributed by atoms with E-state index < -0.39 is 0 Å². The summed E-state index contributed by atoms with van der Waals surface area (Å²) in [5.74, 6) is -0.620. The van der Waals surface area contributed by atoms with E-state index >= 15 is 0 Å². The second-order valence-electron chi connectivity index (χ2n) is 6.99. The topological polar surface area (TPSA) is 56.7 Å². The average Bonchev–Trinajstić information content (AvgIpc) is 3.05. The Morgan fingerprint density at radius 1 is 1.31 bits per heavy atom. The number of hydrogen-bond acceptors (Lipinski definition) is 4. The number of aromatic nitrogens is 1. The average molecular weight is 412 g/mol. The van der Waals surface area contributed by atoms with Crippen LogP contribution in [0.1, 0.15) is 28.4 Å². The zero-order valence-corrected chi connectivity index (χ0v) is 17.3. The minimum absolute atomic E-state index is 0.0733. The number of rotatable bonds is 4. The van der Waals surface area contributed by atoms with E-state index in [-0.39, 0.29) is 28.1 Å². The van der Waals surface area contributed by atoms with Crippen LogP contribution in [0, 0.1) is 5.82 Å². The van der Waals surface area contributed by atoms with Gasteiger partial charge in [-0.1, -0.05) is 12.1 Å². The number of benzene rings is 2. The quantitative estimate of drug-likeness (QED) is 0.650. The molecule has 150 valence electrons. The predicted octanol–water partition coefficient (Wildman–Crippen LogP) is 4.31. The fraction of sp³-hybridized carbons (Fsp3) is 0.227. The van der Waals surface area contributed by atoms with Crippen LogP contribution in [-0.2, 0) is 13.1 Å². The zero-order valence-electron chi connectivity index (χ0n) is 16.5. The van der Waals surface area contributed by atoms with Crippen molar-refractivity contribution in [2.75, 3.05) is 17.6 Å². The summed E-state index contributed by atoms with van der Waals surface area (Å²) in [6, 6.07) is 9.88. The Kier molecular flexibility index (Phi) is 5.00. The maximum absolute atomic E-state index is 13.2. The number of anilines is 1. The molecule has 1 aliphatic heterocycles. The highest BCUT2D eigenvalue weighted by Gasteiger charge is 2.36. The van der Waals surface area contributed by atoms with Gasteiger partial charge in [0.25, 0.3) is 5.91 Å². The van der Waals surface area contributed by atoms with E-state index in [1.807, 2.05) is 26.1 Å². The molecule has 3 aromatic rings. The predicted molar refractivity (Wildman–Crippen MR) is 117 cm³/mol. The monoisotopic (exact) mass is 411 g/mol. The zero-order chi connectivity index (χ0) is 20.7. The van der Waals surface area contributed by atoms with Crippen molar-refractivity contribution in [2.24, 2.45) is 0 Å². The third-order valence-corrected chi connectivity index (χ3v) is 7.07. The first kappa shape index (κ1) is 19.4. The Hall–Kier alpha value is -2.93. The summed E-state index contributed by atoms with van der Waals surface area (Å²) in [4.78, 5) is 19.2. The minimum atomic E-state index is -0.311. The number of nitrogens with zero attached hydrogens (tertiary/aromatic N) is 3. The van der Waals surface area contributed by atoms with Crippen molar-refractivity contribution in [3.8, 4) is 5.75 Å². The highest BCUT2D eigenvalue weighted by atomic mass is 32.2. The van der Waals surface area contributed by atoms with Gasteiger partial charge >= 0.3 is 0 Å². The standard InChI is InChI=1S/C22H22FN3O2S/c1-4-29(3)25(2)20-16-6-5-11-24-19(16)21(27)18-17(20)13-26(22(18)28)12-14-7-9-15(23)10-8-14/h4-11,27H,12-13H2,1-3H3. The molecule has 0 bridgehead atoms. The molecule has 0 saturated carbocycles. The number of phenolic OH excluding ortho intramolecular Hbond substituents is 1. The summed E-state index contributed by atoms with van der Waals surface area (Å²) in [7, 11) is 1.83. The highest BCUT2D eigenvalue weighted by molar-refractivity contribution is 8.15. The van der Waals surface area contributed by atoms with Gasteiger partial charge in [0, 0.05) is 37.3 Å². The molecule has 5 nitrogen and oxygen atoms in total. The third-order valence-electron chi connectivity index (χ3n) is 5.34. The van der Waals surface area contributed by atoms with Gasteiger partial charge in [-0.25, -0.2) is 4.39 Å². The van der Waals surface area contributed by atoms with E-state index in [2.05, 4.69) is 20.9 Å². The van der Waals surface area contributed by atoms with Gasteiger partial charge in [-0.3, -0.25) is 9.78 Å². The van der Waals surface area contributed by atoms with Crippen LogP contribution in [0.15, 0.2) is 42.6 Å². The van der Waals surface area contributed by atoms with Crippen molar-refractivity contribution in [2.45, 2.75) is 20.0 Å². The normalized spacial score (nSPS) is 14.5. The Labute approximate surface area is 171 Å². The molecule has 4 rings (SSSR count). The Morgan fingerprint density at radius 2 is 2.03 bits per heavy atom. The molecule has 1 atom stereocenters. The molecule has 1 amide bonds. The third kappa shape index (κ3) is 3.25. The summed E-state index contributed by atoms with van der Waals surface area (Å²) in [6.45, 7) is 2.73. The molecular weight excluding hydrogens is 389 g/mol. The lowest BCUT2D eigenvalue weighted by Gasteiger charge is -2.25. The molecule has 1 aliphatic rings. The second kappa shape index (κ2) is 7.48. The molecule has 2 aromatic carbocycles. The number of halogens is 1. The summed E-state index contributed by atoms with van der Waals surface area (Å²) in [5.41, 5.74) is 3.30. The van der Waals surface area contributed by atoms with Gasteiger partial charge in [0.1, 0.15) is 11.3 Å². The van der Waals surface area contributed by atoms with Crippen molar-refractivity contribution >= 4 is 38.5 Å². The van der Waals surface area contributed by atoms with Gasteiger partial charge in [-0.15, -0.1) is 10.7 Å². The van der Waals surface area contributed by atoms with Crippen LogP contribution in [0.2, 0.25) is 0 Å². The van der Waals surface area contributed by atoms with Crippen molar-refractivity contribution < 1.29 is 14.3 Å². The molecule has 0 aliphatic carbocycles. The van der Waals surface area contributed by atoms with E-state index in [4.69, 9.17) is 0 Å².